The van der Waals surface area contributed by atoms with Crippen molar-refractivity contribution in [3.05, 3.63) is 35.4 Å². The molecule has 0 saturated carbocycles. The lowest BCUT2D eigenvalue weighted by molar-refractivity contribution is -0.147. The summed E-state index contributed by atoms with van der Waals surface area (Å²) in [5, 5.41) is 0. The summed E-state index contributed by atoms with van der Waals surface area (Å²) >= 11 is 0. The summed E-state index contributed by atoms with van der Waals surface area (Å²) in [5.41, 5.74) is 2.59. The molecule has 0 unspecified atom stereocenters. The monoisotopic (exact) mass is 343 g/mol. The van der Waals surface area contributed by atoms with E-state index >= 15 is 0 Å². The molecule has 0 aliphatic carbocycles. The summed E-state index contributed by atoms with van der Waals surface area (Å²) < 4.78 is 5.70. The largest absolute Gasteiger partial charge is 0.465 e. The first-order valence-corrected chi connectivity index (χ1v) is 10.1. The number of fused-ring (bicyclic) bond motifs is 1. The Morgan fingerprint density at radius 1 is 1.24 bits per heavy atom. The Morgan fingerprint density at radius 3 is 2.92 bits per heavy atom. The zero-order chi connectivity index (χ0) is 17.6. The van der Waals surface area contributed by atoms with Crippen molar-refractivity contribution in [2.24, 2.45) is 11.8 Å². The predicted octanol–water partition coefficient (Wildman–Crippen LogP) is 4.37. The number of carbonyl (C=O) groups excluding carboxylic acids is 1. The van der Waals surface area contributed by atoms with Crippen LogP contribution in [0.5, 0.6) is 0 Å². The molecule has 25 heavy (non-hydrogen) atoms. The van der Waals surface area contributed by atoms with Gasteiger partial charge in [-0.3, -0.25) is 9.69 Å². The molecule has 3 nitrogen and oxygen atoms in total. The molecule has 0 bridgehead atoms. The molecule has 138 valence electrons. The highest BCUT2D eigenvalue weighted by Crippen LogP contribution is 2.31. The lowest BCUT2D eigenvalue weighted by Gasteiger charge is -2.44. The molecule has 3 rings (SSSR count). The van der Waals surface area contributed by atoms with E-state index in [4.69, 9.17) is 4.74 Å². The summed E-state index contributed by atoms with van der Waals surface area (Å²) in [5.74, 6) is 0.852. The fourth-order valence-electron chi connectivity index (χ4n) is 4.63. The van der Waals surface area contributed by atoms with Crippen LogP contribution in [-0.2, 0) is 16.0 Å². The van der Waals surface area contributed by atoms with Gasteiger partial charge in [-0.2, -0.15) is 0 Å². The molecule has 0 spiro atoms. The Hall–Kier alpha value is -1.35. The highest BCUT2D eigenvalue weighted by atomic mass is 16.5. The molecule has 0 radical (unpaired) electrons. The third kappa shape index (κ3) is 5.31. The van der Waals surface area contributed by atoms with Crippen molar-refractivity contribution in [2.45, 2.75) is 64.8 Å². The van der Waals surface area contributed by atoms with Crippen LogP contribution in [0.3, 0.4) is 0 Å². The molecular formula is C22H33NO2. The van der Waals surface area contributed by atoms with Gasteiger partial charge >= 0.3 is 5.97 Å². The van der Waals surface area contributed by atoms with Crippen LogP contribution in [0.15, 0.2) is 24.3 Å². The van der Waals surface area contributed by atoms with Gasteiger partial charge in [-0.05, 0) is 63.6 Å². The molecule has 2 heterocycles. The fraction of sp³-hybridized carbons (Fsp3) is 0.682. The molecule has 2 fully saturated rings. The molecule has 3 atom stereocenters. The Labute approximate surface area is 152 Å². The quantitative estimate of drug-likeness (QED) is 0.718. The minimum absolute atomic E-state index is 0.0203. The van der Waals surface area contributed by atoms with E-state index < -0.39 is 0 Å². The van der Waals surface area contributed by atoms with Gasteiger partial charge in [0.15, 0.2) is 0 Å². The van der Waals surface area contributed by atoms with Gasteiger partial charge in [0.05, 0.1) is 6.61 Å². The van der Waals surface area contributed by atoms with E-state index in [-0.39, 0.29) is 5.97 Å². The van der Waals surface area contributed by atoms with Gasteiger partial charge in [0.1, 0.15) is 0 Å². The highest BCUT2D eigenvalue weighted by Gasteiger charge is 2.33. The van der Waals surface area contributed by atoms with Crippen LogP contribution in [0.2, 0.25) is 0 Å². The lowest BCUT2D eigenvalue weighted by atomic mass is 9.84. The first-order valence-electron chi connectivity index (χ1n) is 10.1. The molecule has 2 aliphatic rings. The summed E-state index contributed by atoms with van der Waals surface area (Å²) in [7, 11) is 0. The summed E-state index contributed by atoms with van der Waals surface area (Å²) in [4.78, 5) is 14.9. The molecule has 0 amide bonds. The van der Waals surface area contributed by atoms with Gasteiger partial charge in [0.25, 0.3) is 0 Å². The zero-order valence-electron chi connectivity index (χ0n) is 15.9. The van der Waals surface area contributed by atoms with Crippen molar-refractivity contribution < 1.29 is 9.53 Å². The van der Waals surface area contributed by atoms with Crippen LogP contribution >= 0.6 is 0 Å². The van der Waals surface area contributed by atoms with Crippen molar-refractivity contribution in [3.8, 4) is 0 Å². The standard InChI is InChI=1S/C22H33NO2/c1-17-7-5-8-19(13-17)14-18(2)15-22(24)25-16-20-9-6-12-23-11-4-3-10-21(20)23/h5,7-8,13,18,20-21H,3-4,6,9-12,14-16H2,1-2H3/t18-,20+,21-/m1/s1. The number of rotatable bonds is 6. The van der Waals surface area contributed by atoms with Gasteiger partial charge in [0, 0.05) is 18.4 Å². The van der Waals surface area contributed by atoms with Gasteiger partial charge in [-0.15, -0.1) is 0 Å². The van der Waals surface area contributed by atoms with Gasteiger partial charge in [-0.1, -0.05) is 43.2 Å². The van der Waals surface area contributed by atoms with Crippen LogP contribution in [0.4, 0.5) is 0 Å². The molecule has 3 heteroatoms. The minimum atomic E-state index is -0.0203. The Bertz CT molecular complexity index is 569. The molecular weight excluding hydrogens is 310 g/mol. The van der Waals surface area contributed by atoms with Gasteiger partial charge in [-0.25, -0.2) is 0 Å². The average molecular weight is 344 g/mol. The SMILES string of the molecule is Cc1cccc(C[C@@H](C)CC(=O)OC[C@@H]2CCCN3CCCC[C@H]23)c1. The van der Waals surface area contributed by atoms with E-state index in [1.165, 1.54) is 56.3 Å². The van der Waals surface area contributed by atoms with E-state index in [9.17, 15) is 4.79 Å². The third-order valence-corrected chi connectivity index (χ3v) is 5.87. The normalized spacial score (nSPS) is 25.2. The van der Waals surface area contributed by atoms with E-state index in [1.54, 1.807) is 0 Å². The van der Waals surface area contributed by atoms with E-state index in [0.717, 1.165) is 6.42 Å². The van der Waals surface area contributed by atoms with Crippen LogP contribution in [0, 0.1) is 18.8 Å². The molecule has 1 aromatic carbocycles. The van der Waals surface area contributed by atoms with Crippen LogP contribution < -0.4 is 0 Å². The predicted molar refractivity (Wildman–Crippen MR) is 102 cm³/mol. The number of piperidine rings is 2. The molecule has 1 aromatic rings. The molecule has 0 N–H and O–H groups in total. The maximum Gasteiger partial charge on any atom is 0.306 e. The second-order valence-corrected chi connectivity index (χ2v) is 8.19. The maximum absolute atomic E-state index is 12.3. The van der Waals surface area contributed by atoms with Crippen molar-refractivity contribution >= 4 is 5.97 Å². The Kier molecular flexibility index (Phi) is 6.52. The van der Waals surface area contributed by atoms with Gasteiger partial charge in [0.2, 0.25) is 0 Å². The second kappa shape index (κ2) is 8.84. The number of esters is 1. The topological polar surface area (TPSA) is 29.5 Å². The molecule has 0 aromatic heterocycles. The van der Waals surface area contributed by atoms with Crippen molar-refractivity contribution in [2.75, 3.05) is 19.7 Å². The smallest absolute Gasteiger partial charge is 0.306 e. The first-order chi connectivity index (χ1) is 12.1. The number of hydrogen-bond donors (Lipinski definition) is 0. The average Bonchev–Trinajstić information content (AvgIpc) is 2.59. The summed E-state index contributed by atoms with van der Waals surface area (Å²) in [6, 6.07) is 9.21. The number of ether oxygens (including phenoxy) is 1. The van der Waals surface area contributed by atoms with Crippen molar-refractivity contribution in [1.29, 1.82) is 0 Å². The van der Waals surface area contributed by atoms with Crippen LogP contribution in [0.1, 0.15) is 56.6 Å². The van der Waals surface area contributed by atoms with E-state index in [2.05, 4.69) is 43.0 Å². The summed E-state index contributed by atoms with van der Waals surface area (Å²) in [6.45, 7) is 7.36. The van der Waals surface area contributed by atoms with E-state index in [0.29, 0.717) is 30.9 Å². The molecule has 2 aliphatic heterocycles. The number of benzene rings is 1. The fourth-order valence-corrected chi connectivity index (χ4v) is 4.63. The van der Waals surface area contributed by atoms with Gasteiger partial charge < -0.3 is 4.74 Å². The number of carbonyl (C=O) groups is 1. The number of hydrogen-bond acceptors (Lipinski definition) is 3. The Balaban J connectivity index is 1.42. The number of nitrogens with zero attached hydrogens (tertiary/aromatic N) is 1. The Morgan fingerprint density at radius 2 is 2.08 bits per heavy atom. The highest BCUT2D eigenvalue weighted by molar-refractivity contribution is 5.69. The van der Waals surface area contributed by atoms with Crippen molar-refractivity contribution in [3.63, 3.8) is 0 Å². The van der Waals surface area contributed by atoms with Crippen LogP contribution in [0.25, 0.3) is 0 Å². The second-order valence-electron chi connectivity index (χ2n) is 8.19. The van der Waals surface area contributed by atoms with Crippen LogP contribution in [-0.4, -0.2) is 36.6 Å². The third-order valence-electron chi connectivity index (χ3n) is 5.87. The first kappa shape index (κ1) is 18.4. The molecule has 2 saturated heterocycles. The minimum Gasteiger partial charge on any atom is -0.465 e. The zero-order valence-corrected chi connectivity index (χ0v) is 15.9. The van der Waals surface area contributed by atoms with E-state index in [1.807, 2.05) is 0 Å². The number of aryl methyl sites for hydroxylation is 1. The van der Waals surface area contributed by atoms with Crippen molar-refractivity contribution in [1.82, 2.24) is 4.90 Å². The summed E-state index contributed by atoms with van der Waals surface area (Å²) in [6.07, 6.45) is 7.88. The maximum atomic E-state index is 12.3. The lowest BCUT2D eigenvalue weighted by Crippen LogP contribution is -2.49.